The first kappa shape index (κ1) is 15.5. The lowest BCUT2D eigenvalue weighted by molar-refractivity contribution is -0.385. The van der Waals surface area contributed by atoms with Crippen molar-refractivity contribution in [2.75, 3.05) is 13.6 Å². The number of likely N-dealkylation sites (N-methyl/N-ethyl adjacent to an activating group) is 1. The molecule has 0 aliphatic rings. The van der Waals surface area contributed by atoms with Crippen molar-refractivity contribution in [3.8, 4) is 0 Å². The van der Waals surface area contributed by atoms with Crippen LogP contribution in [-0.2, 0) is 15.8 Å². The van der Waals surface area contributed by atoms with Gasteiger partial charge in [0.1, 0.15) is 0 Å². The van der Waals surface area contributed by atoms with E-state index in [0.29, 0.717) is 0 Å². The zero-order chi connectivity index (χ0) is 14.6. The molecule has 0 aromatic heterocycles. The average Bonchev–Trinajstić information content (AvgIpc) is 2.27. The molecule has 0 bridgehead atoms. The van der Waals surface area contributed by atoms with Gasteiger partial charge in [0.15, 0.2) is 0 Å². The van der Waals surface area contributed by atoms with E-state index in [2.05, 4.69) is 0 Å². The molecule has 0 amide bonds. The Kier molecular flexibility index (Phi) is 4.98. The molecule has 1 aromatic rings. The van der Waals surface area contributed by atoms with Crippen molar-refractivity contribution in [3.63, 3.8) is 0 Å². The van der Waals surface area contributed by atoms with Gasteiger partial charge in [0.05, 0.1) is 16.8 Å². The average molecular weight is 288 g/mol. The van der Waals surface area contributed by atoms with Crippen molar-refractivity contribution in [2.45, 2.75) is 18.8 Å². The molecular weight excluding hydrogens is 272 g/mol. The minimum atomic E-state index is -3.70. The number of nitro groups is 1. The highest BCUT2D eigenvalue weighted by Crippen LogP contribution is 2.21. The van der Waals surface area contributed by atoms with Gasteiger partial charge in [-0.15, -0.1) is 0 Å². The highest BCUT2D eigenvalue weighted by atomic mass is 32.2. The van der Waals surface area contributed by atoms with Crippen LogP contribution in [0.3, 0.4) is 0 Å². The van der Waals surface area contributed by atoms with Gasteiger partial charge in [-0.1, -0.05) is 18.2 Å². The number of benzene rings is 1. The summed E-state index contributed by atoms with van der Waals surface area (Å²) in [4.78, 5) is 10.2. The Balaban J connectivity index is 2.99. The standard InChI is InChI=1S/C11H16N2O5S/c1-9(14)7-12(2)19(17,18)8-10-5-3-4-6-11(10)13(15)16/h3-6,9,14H,7-8H2,1-2H3. The molecule has 19 heavy (non-hydrogen) atoms. The molecule has 7 nitrogen and oxygen atoms in total. The third kappa shape index (κ3) is 4.27. The predicted molar refractivity (Wildman–Crippen MR) is 70.0 cm³/mol. The number of para-hydroxylation sites is 1. The van der Waals surface area contributed by atoms with E-state index < -0.39 is 26.8 Å². The fraction of sp³-hybridized carbons (Fsp3) is 0.455. The second kappa shape index (κ2) is 6.09. The van der Waals surface area contributed by atoms with Crippen LogP contribution in [0, 0.1) is 10.1 Å². The summed E-state index contributed by atoms with van der Waals surface area (Å²) in [6, 6.07) is 5.70. The molecule has 0 saturated carbocycles. The van der Waals surface area contributed by atoms with Crippen LogP contribution in [0.2, 0.25) is 0 Å². The Labute approximate surface area is 111 Å². The number of nitrogens with zero attached hydrogens (tertiary/aromatic N) is 2. The fourth-order valence-electron chi connectivity index (χ4n) is 1.60. The van der Waals surface area contributed by atoms with E-state index in [0.717, 1.165) is 4.31 Å². The monoisotopic (exact) mass is 288 g/mol. The third-order valence-corrected chi connectivity index (χ3v) is 4.30. The molecular formula is C11H16N2O5S. The molecule has 0 fully saturated rings. The molecule has 106 valence electrons. The Bertz CT molecular complexity index is 556. The number of sulfonamides is 1. The number of hydrogen-bond donors (Lipinski definition) is 1. The highest BCUT2D eigenvalue weighted by molar-refractivity contribution is 7.88. The Hall–Kier alpha value is -1.51. The van der Waals surface area contributed by atoms with E-state index in [9.17, 15) is 23.6 Å². The van der Waals surface area contributed by atoms with Crippen LogP contribution in [0.1, 0.15) is 12.5 Å². The first-order valence-electron chi connectivity index (χ1n) is 5.58. The van der Waals surface area contributed by atoms with Crippen LogP contribution >= 0.6 is 0 Å². The zero-order valence-electron chi connectivity index (χ0n) is 10.7. The van der Waals surface area contributed by atoms with Gasteiger partial charge < -0.3 is 5.11 Å². The van der Waals surface area contributed by atoms with Crippen LogP contribution in [-0.4, -0.2) is 42.4 Å². The van der Waals surface area contributed by atoms with Gasteiger partial charge >= 0.3 is 0 Å². The molecule has 0 spiro atoms. The van der Waals surface area contributed by atoms with Crippen LogP contribution in [0.5, 0.6) is 0 Å². The smallest absolute Gasteiger partial charge is 0.273 e. The fourth-order valence-corrected chi connectivity index (χ4v) is 2.90. The first-order valence-corrected chi connectivity index (χ1v) is 7.19. The maximum Gasteiger partial charge on any atom is 0.273 e. The lowest BCUT2D eigenvalue weighted by Gasteiger charge is -2.18. The second-order valence-corrected chi connectivity index (χ2v) is 6.35. The Morgan fingerprint density at radius 3 is 2.53 bits per heavy atom. The molecule has 1 unspecified atom stereocenters. The SMILES string of the molecule is CC(O)CN(C)S(=O)(=O)Cc1ccccc1[N+](=O)[O-]. The van der Waals surface area contributed by atoms with Crippen molar-refractivity contribution >= 4 is 15.7 Å². The molecule has 0 saturated heterocycles. The van der Waals surface area contributed by atoms with E-state index in [4.69, 9.17) is 0 Å². The van der Waals surface area contributed by atoms with Crippen molar-refractivity contribution in [1.82, 2.24) is 4.31 Å². The van der Waals surface area contributed by atoms with Gasteiger partial charge in [-0.25, -0.2) is 12.7 Å². The van der Waals surface area contributed by atoms with Crippen molar-refractivity contribution < 1.29 is 18.4 Å². The van der Waals surface area contributed by atoms with Gasteiger partial charge in [-0.2, -0.15) is 0 Å². The molecule has 0 heterocycles. The Morgan fingerprint density at radius 2 is 2.00 bits per heavy atom. The summed E-state index contributed by atoms with van der Waals surface area (Å²) in [7, 11) is -2.37. The topological polar surface area (TPSA) is 101 Å². The number of hydrogen-bond acceptors (Lipinski definition) is 5. The summed E-state index contributed by atoms with van der Waals surface area (Å²) < 4.78 is 25.0. The van der Waals surface area contributed by atoms with Crippen LogP contribution < -0.4 is 0 Å². The highest BCUT2D eigenvalue weighted by Gasteiger charge is 2.24. The minimum absolute atomic E-state index is 0.0526. The Morgan fingerprint density at radius 1 is 1.42 bits per heavy atom. The third-order valence-electron chi connectivity index (χ3n) is 2.52. The number of aliphatic hydroxyl groups is 1. The lowest BCUT2D eigenvalue weighted by atomic mass is 10.2. The molecule has 0 aliphatic carbocycles. The maximum atomic E-state index is 12.0. The van der Waals surface area contributed by atoms with Crippen molar-refractivity contribution in [3.05, 3.63) is 39.9 Å². The van der Waals surface area contributed by atoms with Crippen molar-refractivity contribution in [2.24, 2.45) is 0 Å². The summed E-state index contributed by atoms with van der Waals surface area (Å²) in [5, 5.41) is 20.0. The molecule has 0 aliphatic heterocycles. The lowest BCUT2D eigenvalue weighted by Crippen LogP contribution is -2.34. The minimum Gasteiger partial charge on any atom is -0.392 e. The van der Waals surface area contributed by atoms with Gasteiger partial charge in [-0.3, -0.25) is 10.1 Å². The number of nitro benzene ring substituents is 1. The van der Waals surface area contributed by atoms with E-state index in [-0.39, 0.29) is 17.8 Å². The largest absolute Gasteiger partial charge is 0.392 e. The van der Waals surface area contributed by atoms with E-state index in [1.807, 2.05) is 0 Å². The van der Waals surface area contributed by atoms with Gasteiger partial charge in [0.2, 0.25) is 10.0 Å². The van der Waals surface area contributed by atoms with Crippen molar-refractivity contribution in [1.29, 1.82) is 0 Å². The summed E-state index contributed by atoms with van der Waals surface area (Å²) in [6.07, 6.45) is -0.800. The summed E-state index contributed by atoms with van der Waals surface area (Å²) >= 11 is 0. The van der Waals surface area contributed by atoms with E-state index in [1.54, 1.807) is 6.07 Å². The molecule has 8 heteroatoms. The zero-order valence-corrected chi connectivity index (χ0v) is 11.5. The van der Waals surface area contributed by atoms with Crippen LogP contribution in [0.15, 0.2) is 24.3 Å². The quantitative estimate of drug-likeness (QED) is 0.614. The van der Waals surface area contributed by atoms with E-state index >= 15 is 0 Å². The summed E-state index contributed by atoms with van der Waals surface area (Å²) in [6.45, 7) is 1.42. The normalized spacial score (nSPS) is 13.5. The maximum absolute atomic E-state index is 12.0. The van der Waals surface area contributed by atoms with Gasteiger partial charge in [-0.05, 0) is 6.92 Å². The number of aliphatic hydroxyl groups excluding tert-OH is 1. The molecule has 1 N–H and O–H groups in total. The summed E-state index contributed by atoms with van der Waals surface area (Å²) in [5.41, 5.74) is -0.0959. The van der Waals surface area contributed by atoms with Crippen LogP contribution in [0.25, 0.3) is 0 Å². The van der Waals surface area contributed by atoms with Gasteiger partial charge in [0, 0.05) is 25.2 Å². The van der Waals surface area contributed by atoms with E-state index in [1.165, 1.54) is 32.2 Å². The molecule has 0 radical (unpaired) electrons. The van der Waals surface area contributed by atoms with Gasteiger partial charge in [0.25, 0.3) is 5.69 Å². The van der Waals surface area contributed by atoms with Crippen LogP contribution in [0.4, 0.5) is 5.69 Å². The number of rotatable bonds is 6. The second-order valence-electron chi connectivity index (χ2n) is 4.27. The summed E-state index contributed by atoms with van der Waals surface area (Å²) in [5.74, 6) is -0.465. The molecule has 1 rings (SSSR count). The molecule has 1 atom stereocenters. The predicted octanol–water partition coefficient (Wildman–Crippen LogP) is 0.737. The molecule has 1 aromatic carbocycles. The first-order chi connectivity index (χ1) is 8.74.